The van der Waals surface area contributed by atoms with Gasteiger partial charge in [-0.25, -0.2) is 4.79 Å². The van der Waals surface area contributed by atoms with E-state index in [9.17, 15) is 19.2 Å². The quantitative estimate of drug-likeness (QED) is 0.287. The Hall–Kier alpha value is -2.17. The minimum Gasteiger partial charge on any atom is -0.444 e. The van der Waals surface area contributed by atoms with E-state index in [1.54, 1.807) is 32.9 Å². The molecule has 9 heteroatoms. The molecule has 0 radical (unpaired) electrons. The van der Waals surface area contributed by atoms with Crippen molar-refractivity contribution in [1.29, 1.82) is 0 Å². The van der Waals surface area contributed by atoms with Gasteiger partial charge in [-0.3, -0.25) is 19.7 Å². The summed E-state index contributed by atoms with van der Waals surface area (Å²) in [5, 5.41) is 5.01. The molecule has 150 valence electrons. The Morgan fingerprint density at radius 2 is 2.04 bits per heavy atom. The molecule has 2 N–H and O–H groups in total. The number of nitrogens with one attached hydrogen (secondary N) is 2. The number of carbonyl (C=O) groups excluding carboxylic acids is 4. The highest BCUT2D eigenvalue weighted by molar-refractivity contribution is 14.1. The second-order valence-electron chi connectivity index (χ2n) is 7.87. The molecular formula is C19H22IN3O5. The molecule has 1 atom stereocenters. The van der Waals surface area contributed by atoms with E-state index in [1.807, 2.05) is 28.7 Å². The monoisotopic (exact) mass is 499 g/mol. The number of fused-ring (bicyclic) bond motifs is 1. The molecule has 1 aromatic carbocycles. The van der Waals surface area contributed by atoms with Crippen LogP contribution < -0.4 is 10.6 Å². The number of alkyl carbamates (subject to hydrolysis) is 1. The van der Waals surface area contributed by atoms with Gasteiger partial charge in [-0.2, -0.15) is 0 Å². The lowest BCUT2D eigenvalue weighted by molar-refractivity contribution is -0.137. The molecule has 2 heterocycles. The number of halogens is 1. The van der Waals surface area contributed by atoms with Gasteiger partial charge in [0.15, 0.2) is 3.55 Å². The molecule has 1 fully saturated rings. The van der Waals surface area contributed by atoms with Crippen LogP contribution in [0.1, 0.15) is 55.1 Å². The highest BCUT2D eigenvalue weighted by Gasteiger charge is 2.50. The third-order valence-electron chi connectivity index (χ3n) is 4.52. The van der Waals surface area contributed by atoms with Crippen LogP contribution in [0.4, 0.5) is 4.79 Å². The van der Waals surface area contributed by atoms with Gasteiger partial charge in [0.05, 0.1) is 0 Å². The van der Waals surface area contributed by atoms with Crippen LogP contribution >= 0.6 is 22.6 Å². The van der Waals surface area contributed by atoms with Crippen LogP contribution in [0.3, 0.4) is 0 Å². The largest absolute Gasteiger partial charge is 0.444 e. The van der Waals surface area contributed by atoms with Crippen molar-refractivity contribution in [2.24, 2.45) is 0 Å². The van der Waals surface area contributed by atoms with E-state index in [0.717, 1.165) is 11.1 Å². The van der Waals surface area contributed by atoms with Crippen molar-refractivity contribution in [3.63, 3.8) is 0 Å². The van der Waals surface area contributed by atoms with Crippen molar-refractivity contribution in [3.05, 3.63) is 34.9 Å². The van der Waals surface area contributed by atoms with E-state index in [-0.39, 0.29) is 37.7 Å². The molecule has 28 heavy (non-hydrogen) atoms. The molecule has 8 nitrogen and oxygen atoms in total. The molecule has 2 aliphatic rings. The average Bonchev–Trinajstić information content (AvgIpc) is 2.92. The average molecular weight is 499 g/mol. The zero-order chi connectivity index (χ0) is 20.7. The summed E-state index contributed by atoms with van der Waals surface area (Å²) in [6, 6.07) is 5.31. The van der Waals surface area contributed by atoms with Crippen LogP contribution in [0.2, 0.25) is 0 Å². The molecule has 3 rings (SSSR count). The van der Waals surface area contributed by atoms with Gasteiger partial charge in [0, 0.05) is 25.1 Å². The molecule has 1 saturated heterocycles. The Labute approximate surface area is 176 Å². The Kier molecular flexibility index (Phi) is 5.39. The Bertz CT molecular complexity index is 864. The molecule has 0 saturated carbocycles. The molecule has 0 bridgehead atoms. The topological polar surface area (TPSA) is 105 Å². The second-order valence-corrected chi connectivity index (χ2v) is 9.66. The number of nitrogens with zero attached hydrogens (tertiary/aromatic N) is 1. The number of rotatable bonds is 3. The molecule has 1 aromatic rings. The molecule has 0 spiro atoms. The molecule has 0 aliphatic carbocycles. The third kappa shape index (κ3) is 4.13. The van der Waals surface area contributed by atoms with Crippen LogP contribution in [-0.2, 0) is 27.4 Å². The van der Waals surface area contributed by atoms with Crippen molar-refractivity contribution in [3.8, 4) is 0 Å². The molecule has 2 aliphatic heterocycles. The molecular weight excluding hydrogens is 477 g/mol. The number of amides is 4. The summed E-state index contributed by atoms with van der Waals surface area (Å²) >= 11 is 1.96. The van der Waals surface area contributed by atoms with Crippen LogP contribution in [0.5, 0.6) is 0 Å². The number of alkyl halides is 1. The lowest BCUT2D eigenvalue weighted by atomic mass is 10.0. The first-order chi connectivity index (χ1) is 13.0. The number of benzene rings is 1. The van der Waals surface area contributed by atoms with Gasteiger partial charge in [-0.05, 0) is 67.0 Å². The molecule has 1 unspecified atom stereocenters. The Balaban J connectivity index is 1.71. The standard InChI is InChI=1S/C19H22IN3O5/c1-18(2,3)28-17(27)21-9-11-4-5-13-12(8-11)10-23(15(13)25)19(20)7-6-14(24)22-16(19)26/h4-5,8H,6-7,9-10H2,1-3H3,(H,21,27)(H,22,24,26). The number of piperidine rings is 1. The minimum atomic E-state index is -1.09. The van der Waals surface area contributed by atoms with Gasteiger partial charge in [0.1, 0.15) is 5.60 Å². The van der Waals surface area contributed by atoms with Gasteiger partial charge in [0.25, 0.3) is 11.8 Å². The lowest BCUT2D eigenvalue weighted by Crippen LogP contribution is -2.59. The number of hydrogen-bond acceptors (Lipinski definition) is 5. The van der Waals surface area contributed by atoms with Gasteiger partial charge >= 0.3 is 6.09 Å². The fraction of sp³-hybridized carbons (Fsp3) is 0.474. The van der Waals surface area contributed by atoms with Crippen LogP contribution in [0, 0.1) is 0 Å². The highest BCUT2D eigenvalue weighted by Crippen LogP contribution is 2.39. The summed E-state index contributed by atoms with van der Waals surface area (Å²) in [7, 11) is 0. The number of carbonyl (C=O) groups is 4. The van der Waals surface area contributed by atoms with E-state index in [4.69, 9.17) is 4.74 Å². The van der Waals surface area contributed by atoms with E-state index >= 15 is 0 Å². The summed E-state index contributed by atoms with van der Waals surface area (Å²) in [6.07, 6.45) is -0.0364. The maximum Gasteiger partial charge on any atom is 0.407 e. The molecule has 4 amide bonds. The normalized spacial score (nSPS) is 22.0. The van der Waals surface area contributed by atoms with Gasteiger partial charge in [0.2, 0.25) is 5.91 Å². The predicted octanol–water partition coefficient (Wildman–Crippen LogP) is 2.23. The van der Waals surface area contributed by atoms with E-state index in [1.165, 1.54) is 4.90 Å². The lowest BCUT2D eigenvalue weighted by Gasteiger charge is -2.37. The SMILES string of the molecule is CC(C)(C)OC(=O)NCc1ccc2c(c1)CN(C1(I)CCC(=O)NC1=O)C2=O. The Morgan fingerprint density at radius 1 is 1.32 bits per heavy atom. The number of hydrogen-bond donors (Lipinski definition) is 2. The maximum absolute atomic E-state index is 12.8. The fourth-order valence-corrected chi connectivity index (χ4v) is 3.99. The summed E-state index contributed by atoms with van der Waals surface area (Å²) in [5.41, 5.74) is 1.56. The second kappa shape index (κ2) is 7.34. The van der Waals surface area contributed by atoms with Crippen LogP contribution in [-0.4, -0.2) is 37.9 Å². The third-order valence-corrected chi connectivity index (χ3v) is 6.13. The summed E-state index contributed by atoms with van der Waals surface area (Å²) < 4.78 is 4.13. The summed E-state index contributed by atoms with van der Waals surface area (Å²) in [6.45, 7) is 5.91. The van der Waals surface area contributed by atoms with Crippen molar-refractivity contribution in [2.75, 3.05) is 0 Å². The Morgan fingerprint density at radius 3 is 2.68 bits per heavy atom. The first kappa shape index (κ1) is 20.6. The van der Waals surface area contributed by atoms with Gasteiger partial charge in [-0.15, -0.1) is 0 Å². The highest BCUT2D eigenvalue weighted by atomic mass is 127. The van der Waals surface area contributed by atoms with E-state index in [0.29, 0.717) is 5.56 Å². The fourth-order valence-electron chi connectivity index (χ4n) is 3.19. The molecule has 0 aromatic heterocycles. The zero-order valence-corrected chi connectivity index (χ0v) is 18.1. The van der Waals surface area contributed by atoms with Gasteiger partial charge < -0.3 is 15.0 Å². The predicted molar refractivity (Wildman–Crippen MR) is 109 cm³/mol. The summed E-state index contributed by atoms with van der Waals surface area (Å²) in [4.78, 5) is 50.0. The number of imide groups is 1. The van der Waals surface area contributed by atoms with Crippen LogP contribution in [0.25, 0.3) is 0 Å². The summed E-state index contributed by atoms with van der Waals surface area (Å²) in [5.74, 6) is -1.02. The maximum atomic E-state index is 12.8. The number of ether oxygens (including phenoxy) is 1. The smallest absolute Gasteiger partial charge is 0.407 e. The van der Waals surface area contributed by atoms with Gasteiger partial charge in [-0.1, -0.05) is 12.1 Å². The van der Waals surface area contributed by atoms with Crippen molar-refractivity contribution in [2.45, 2.75) is 55.8 Å². The first-order valence-corrected chi connectivity index (χ1v) is 10.0. The first-order valence-electron chi connectivity index (χ1n) is 8.93. The zero-order valence-electron chi connectivity index (χ0n) is 15.9. The minimum absolute atomic E-state index is 0.194. The van der Waals surface area contributed by atoms with Crippen molar-refractivity contribution in [1.82, 2.24) is 15.5 Å². The van der Waals surface area contributed by atoms with Crippen molar-refractivity contribution < 1.29 is 23.9 Å². The van der Waals surface area contributed by atoms with Crippen LogP contribution in [0.15, 0.2) is 18.2 Å². The van der Waals surface area contributed by atoms with Crippen molar-refractivity contribution >= 4 is 46.4 Å². The van der Waals surface area contributed by atoms with E-state index in [2.05, 4.69) is 10.6 Å². The van der Waals surface area contributed by atoms with E-state index < -0.39 is 21.1 Å².